The summed E-state index contributed by atoms with van der Waals surface area (Å²) >= 11 is 0. The molecule has 0 spiro atoms. The van der Waals surface area contributed by atoms with E-state index in [1.165, 1.54) is 27.7 Å². The van der Waals surface area contributed by atoms with E-state index in [0.717, 1.165) is 24.0 Å². The zero-order valence-electron chi connectivity index (χ0n) is 37.0. The van der Waals surface area contributed by atoms with E-state index in [0.29, 0.717) is 44.9 Å². The highest BCUT2D eigenvalue weighted by molar-refractivity contribution is 5.73. The van der Waals surface area contributed by atoms with Crippen LogP contribution in [0.3, 0.4) is 0 Å². The number of hydrogen-bond acceptors (Lipinski definition) is 13. The lowest BCUT2D eigenvalue weighted by Crippen LogP contribution is -2.39. The van der Waals surface area contributed by atoms with Crippen molar-refractivity contribution in [3.05, 3.63) is 36.5 Å². The van der Waals surface area contributed by atoms with Gasteiger partial charge in [-0.3, -0.25) is 24.0 Å². The highest BCUT2D eigenvalue weighted by atomic mass is 16.6. The molecule has 0 saturated heterocycles. The molecule has 0 rings (SSSR count). The molecule has 3 N–H and O–H groups in total. The van der Waals surface area contributed by atoms with Gasteiger partial charge >= 0.3 is 29.8 Å². The van der Waals surface area contributed by atoms with Gasteiger partial charge in [0.1, 0.15) is 30.5 Å². The first kappa shape index (κ1) is 54.5. The molecule has 0 aliphatic carbocycles. The fourth-order valence-electron chi connectivity index (χ4n) is 6.92. The van der Waals surface area contributed by atoms with Gasteiger partial charge in [-0.1, -0.05) is 44.4 Å². The number of carbonyl (C=O) groups is 5. The Labute approximate surface area is 347 Å². The maximum Gasteiger partial charge on any atom is 0.311 e. The first-order valence-corrected chi connectivity index (χ1v) is 21.0. The number of unbranched alkanes of at least 4 members (excludes halogenated alkanes) is 1. The lowest BCUT2D eigenvalue weighted by Gasteiger charge is -2.31. The summed E-state index contributed by atoms with van der Waals surface area (Å²) in [7, 11) is 0. The van der Waals surface area contributed by atoms with E-state index < -0.39 is 90.3 Å². The lowest BCUT2D eigenvalue weighted by molar-refractivity contribution is -0.160. The molecule has 0 fully saturated rings. The van der Waals surface area contributed by atoms with Gasteiger partial charge in [0.2, 0.25) is 0 Å². The van der Waals surface area contributed by atoms with Crippen molar-refractivity contribution < 1.29 is 63.0 Å². The number of aliphatic hydroxyl groups excluding tert-OH is 3. The first-order valence-electron chi connectivity index (χ1n) is 21.0. The van der Waals surface area contributed by atoms with Gasteiger partial charge in [-0.05, 0) is 90.6 Å². The quantitative estimate of drug-likeness (QED) is 0.0271. The maximum atomic E-state index is 13.7. The van der Waals surface area contributed by atoms with Crippen molar-refractivity contribution in [2.24, 2.45) is 17.8 Å². The molecular weight excluding hydrogens is 748 g/mol. The second-order valence-corrected chi connectivity index (χ2v) is 16.2. The van der Waals surface area contributed by atoms with Crippen molar-refractivity contribution >= 4 is 29.8 Å². The van der Waals surface area contributed by atoms with Gasteiger partial charge in [0.05, 0.1) is 24.2 Å². The van der Waals surface area contributed by atoms with Crippen LogP contribution in [0.5, 0.6) is 0 Å². The zero-order valence-corrected chi connectivity index (χ0v) is 37.0. The highest BCUT2D eigenvalue weighted by Gasteiger charge is 2.34. The van der Waals surface area contributed by atoms with E-state index in [-0.39, 0.29) is 31.8 Å². The summed E-state index contributed by atoms with van der Waals surface area (Å²) in [5.41, 5.74) is 1.68. The largest absolute Gasteiger partial charge is 0.462 e. The van der Waals surface area contributed by atoms with E-state index >= 15 is 0 Å². The maximum absolute atomic E-state index is 13.7. The van der Waals surface area contributed by atoms with Gasteiger partial charge in [0, 0.05) is 52.9 Å². The van der Waals surface area contributed by atoms with Crippen molar-refractivity contribution in [3.63, 3.8) is 0 Å². The van der Waals surface area contributed by atoms with E-state index in [4.69, 9.17) is 23.7 Å². The van der Waals surface area contributed by atoms with Crippen LogP contribution in [0.15, 0.2) is 36.5 Å². The van der Waals surface area contributed by atoms with Crippen molar-refractivity contribution in [2.45, 2.75) is 202 Å². The van der Waals surface area contributed by atoms with Crippen molar-refractivity contribution in [1.82, 2.24) is 0 Å². The summed E-state index contributed by atoms with van der Waals surface area (Å²) in [5, 5.41) is 33.2. The number of carbonyl (C=O) groups excluding carboxylic acids is 5. The van der Waals surface area contributed by atoms with Crippen molar-refractivity contribution in [1.29, 1.82) is 0 Å². The number of hydrogen-bond donors (Lipinski definition) is 3. The summed E-state index contributed by atoms with van der Waals surface area (Å²) < 4.78 is 28.2. The monoisotopic (exact) mass is 825 g/mol. The molecule has 13 heteroatoms. The number of rotatable bonds is 31. The van der Waals surface area contributed by atoms with Crippen molar-refractivity contribution in [3.8, 4) is 0 Å². The number of allylic oxidation sites excluding steroid dienone is 2. The Bertz CT molecular complexity index is 1310. The molecule has 0 bridgehead atoms. The van der Waals surface area contributed by atoms with Crippen LogP contribution < -0.4 is 0 Å². The molecule has 334 valence electrons. The number of ether oxygens (including phenoxy) is 5. The topological polar surface area (TPSA) is 192 Å². The molecule has 58 heavy (non-hydrogen) atoms. The van der Waals surface area contributed by atoms with E-state index in [9.17, 15) is 39.3 Å². The van der Waals surface area contributed by atoms with Gasteiger partial charge < -0.3 is 39.0 Å². The Morgan fingerprint density at radius 3 is 1.67 bits per heavy atom. The SMILES string of the molecule is C=CCCC[C@@H](O)C[C@H](O)[C@H](C)[C@@H](/C=C(\C)C[C@@H](CCC)OC(C)=O)OC(=O)[C@@H](C)[C@@H](O)[C@H](C)CC[C@@H](C[C@H](C[C@H](CCC(=C)C)OC(C)=O)OC(C)=O)OC(C)=O. The molecule has 13 nitrogen and oxygen atoms in total. The fraction of sp³-hybridized carbons (Fsp3) is 0.756. The third kappa shape index (κ3) is 25.0. The minimum Gasteiger partial charge on any atom is -0.462 e. The molecule has 0 aliphatic rings. The predicted molar refractivity (Wildman–Crippen MR) is 222 cm³/mol. The molecule has 0 unspecified atom stereocenters. The molecule has 0 radical (unpaired) electrons. The van der Waals surface area contributed by atoms with Gasteiger partial charge in [0.25, 0.3) is 0 Å². The second-order valence-electron chi connectivity index (χ2n) is 16.2. The molecular formula is C45H76O13. The summed E-state index contributed by atoms with van der Waals surface area (Å²) in [6, 6.07) is 0. The predicted octanol–water partition coefficient (Wildman–Crippen LogP) is 7.42. The standard InChI is InChI=1S/C45H76O13/c1-13-15-16-18-37(50)25-42(51)31(7)43(24-29(5)23-38(17-14-2)54-33(9)46)58-45(53)32(8)44(52)30(6)20-22-40(56-35(11)48)27-41(57-36(12)49)26-39(55-34(10)47)21-19-28(3)4/h13,24,30-32,37-44,50-52H,1,3,14-23,25-27H2,2,4-12H3/b29-24+/t30-,31+,32+,37-,38-,39+,40+,41+,42+,43-,44+/m1/s1. The fourth-order valence-corrected chi connectivity index (χ4v) is 6.92. The molecule has 0 aromatic rings. The van der Waals surface area contributed by atoms with Crippen LogP contribution in [-0.4, -0.2) is 94.0 Å². The van der Waals surface area contributed by atoms with Crippen LogP contribution in [0.4, 0.5) is 0 Å². The lowest BCUT2D eigenvalue weighted by atomic mass is 9.87. The minimum atomic E-state index is -1.17. The van der Waals surface area contributed by atoms with Gasteiger partial charge in [0.15, 0.2) is 0 Å². The van der Waals surface area contributed by atoms with Crippen LogP contribution >= 0.6 is 0 Å². The minimum absolute atomic E-state index is 0.0705. The van der Waals surface area contributed by atoms with Crippen LogP contribution in [0.2, 0.25) is 0 Å². The van der Waals surface area contributed by atoms with Gasteiger partial charge in [-0.25, -0.2) is 0 Å². The van der Waals surface area contributed by atoms with Crippen LogP contribution in [-0.2, 0) is 47.7 Å². The average molecular weight is 825 g/mol. The Morgan fingerprint density at radius 1 is 0.655 bits per heavy atom. The van der Waals surface area contributed by atoms with Crippen LogP contribution in [0.25, 0.3) is 0 Å². The first-order chi connectivity index (χ1) is 27.1. The molecule has 0 amide bonds. The Hall–Kier alpha value is -3.55. The molecule has 0 saturated carbocycles. The third-order valence-electron chi connectivity index (χ3n) is 10.1. The molecule has 0 aliphatic heterocycles. The molecule has 0 heterocycles. The molecule has 0 aromatic carbocycles. The second kappa shape index (κ2) is 29.6. The Morgan fingerprint density at radius 2 is 1.17 bits per heavy atom. The summed E-state index contributed by atoms with van der Waals surface area (Å²) in [6.45, 7) is 23.5. The third-order valence-corrected chi connectivity index (χ3v) is 10.1. The Kier molecular flexibility index (Phi) is 27.8. The van der Waals surface area contributed by atoms with Crippen LogP contribution in [0, 0.1) is 17.8 Å². The summed E-state index contributed by atoms with van der Waals surface area (Å²) in [5.74, 6) is -4.75. The Balaban J connectivity index is 6.10. The smallest absolute Gasteiger partial charge is 0.311 e. The van der Waals surface area contributed by atoms with E-state index in [1.807, 2.05) is 20.8 Å². The highest BCUT2D eigenvalue weighted by Crippen LogP contribution is 2.28. The van der Waals surface area contributed by atoms with E-state index in [1.54, 1.807) is 32.9 Å². The molecule has 11 atom stereocenters. The number of aliphatic hydroxyl groups is 3. The average Bonchev–Trinajstić information content (AvgIpc) is 3.10. The normalized spacial score (nSPS) is 17.4. The van der Waals surface area contributed by atoms with E-state index in [2.05, 4.69) is 13.2 Å². The van der Waals surface area contributed by atoms with Gasteiger partial charge in [-0.2, -0.15) is 0 Å². The molecule has 0 aromatic heterocycles. The summed E-state index contributed by atoms with van der Waals surface area (Å²) in [6.07, 6.45) is 3.01. The number of esters is 5. The van der Waals surface area contributed by atoms with Gasteiger partial charge in [-0.15, -0.1) is 13.2 Å². The van der Waals surface area contributed by atoms with Crippen molar-refractivity contribution in [2.75, 3.05) is 0 Å². The van der Waals surface area contributed by atoms with Crippen LogP contribution in [0.1, 0.15) is 153 Å². The summed E-state index contributed by atoms with van der Waals surface area (Å²) in [4.78, 5) is 61.5. The zero-order chi connectivity index (χ0) is 44.5.